The van der Waals surface area contributed by atoms with E-state index in [0.717, 1.165) is 50.6 Å². The zero-order valence-corrected chi connectivity index (χ0v) is 38.5. The highest BCUT2D eigenvalue weighted by Gasteiger charge is 2.17. The Kier molecular flexibility index (Phi) is 31.7. The van der Waals surface area contributed by atoms with Crippen molar-refractivity contribution in [3.8, 4) is 0 Å². The third-order valence-electron chi connectivity index (χ3n) is 6.58. The smallest absolute Gasteiger partial charge is 0.407 e. The summed E-state index contributed by atoms with van der Waals surface area (Å²) in [7, 11) is 0. The Morgan fingerprint density at radius 1 is 0.411 bits per heavy atom. The molecule has 0 heterocycles. The Labute approximate surface area is 342 Å². The summed E-state index contributed by atoms with van der Waals surface area (Å²) in [6, 6.07) is 8.20. The van der Waals surface area contributed by atoms with Gasteiger partial charge >= 0.3 is 24.4 Å². The summed E-state index contributed by atoms with van der Waals surface area (Å²) in [6.45, 7) is 33.3. The predicted octanol–water partition coefficient (Wildman–Crippen LogP) is 11.4. The quantitative estimate of drug-likeness (QED) is 0.101. The maximum atomic E-state index is 11.4. The highest BCUT2D eigenvalue weighted by molar-refractivity contribution is 5.68. The Morgan fingerprint density at radius 3 is 1.05 bits per heavy atom. The molecule has 4 amide bonds. The molecule has 0 saturated heterocycles. The molecule has 0 radical (unpaired) electrons. The summed E-state index contributed by atoms with van der Waals surface area (Å²) in [4.78, 5) is 44.6. The van der Waals surface area contributed by atoms with Crippen LogP contribution in [0.15, 0.2) is 24.3 Å². The van der Waals surface area contributed by atoms with Crippen molar-refractivity contribution >= 4 is 24.4 Å². The van der Waals surface area contributed by atoms with Gasteiger partial charge in [-0.25, -0.2) is 19.2 Å². The monoisotopic (exact) mass is 797 g/mol. The van der Waals surface area contributed by atoms with E-state index in [0.29, 0.717) is 19.6 Å². The lowest BCUT2D eigenvalue weighted by Gasteiger charge is -2.19. The molecule has 0 aromatic heterocycles. The van der Waals surface area contributed by atoms with E-state index in [4.69, 9.17) is 18.9 Å². The van der Waals surface area contributed by atoms with Gasteiger partial charge in [-0.3, -0.25) is 0 Å². The third kappa shape index (κ3) is 46.5. The molecular weight excluding hydrogens is 713 g/mol. The van der Waals surface area contributed by atoms with Crippen LogP contribution in [-0.2, 0) is 31.9 Å². The molecule has 1 aromatic carbocycles. The number of carbonyl (C=O) groups is 4. The molecule has 0 saturated carbocycles. The number of alkyl carbamates (subject to hydrolysis) is 4. The average molecular weight is 797 g/mol. The first-order valence-corrected chi connectivity index (χ1v) is 20.7. The molecule has 0 unspecified atom stereocenters. The minimum atomic E-state index is -0.448. The summed E-state index contributed by atoms with van der Waals surface area (Å²) >= 11 is 0. The number of aryl methyl sites for hydroxylation is 1. The van der Waals surface area contributed by atoms with Crippen molar-refractivity contribution in [2.24, 2.45) is 0 Å². The molecule has 328 valence electrons. The molecule has 0 aliphatic carbocycles. The second-order valence-corrected chi connectivity index (χ2v) is 17.4. The molecule has 0 bridgehead atoms. The third-order valence-corrected chi connectivity index (χ3v) is 6.58. The summed E-state index contributed by atoms with van der Waals surface area (Å²) in [5.41, 5.74) is 0.744. The van der Waals surface area contributed by atoms with Crippen molar-refractivity contribution < 1.29 is 38.1 Å². The van der Waals surface area contributed by atoms with Crippen molar-refractivity contribution in [3.05, 3.63) is 35.4 Å². The van der Waals surface area contributed by atoms with E-state index < -0.39 is 22.4 Å². The minimum Gasteiger partial charge on any atom is -0.444 e. The molecule has 1 rings (SSSR count). The Hall–Kier alpha value is -3.70. The fraction of sp³-hybridized carbons (Fsp3) is 0.773. The number of nitrogens with one attached hydrogen (secondary N) is 4. The van der Waals surface area contributed by atoms with E-state index >= 15 is 0 Å². The van der Waals surface area contributed by atoms with Crippen molar-refractivity contribution in [2.45, 2.75) is 204 Å². The number of unbranched alkanes of at least 4 members (excludes halogenated alkanes) is 6. The number of ether oxygens (including phenoxy) is 4. The highest BCUT2D eigenvalue weighted by Crippen LogP contribution is 2.10. The van der Waals surface area contributed by atoms with Crippen LogP contribution in [0.4, 0.5) is 19.2 Å². The van der Waals surface area contributed by atoms with E-state index in [1.54, 1.807) is 0 Å². The largest absolute Gasteiger partial charge is 0.444 e. The van der Waals surface area contributed by atoms with E-state index in [2.05, 4.69) is 54.2 Å². The topological polar surface area (TPSA) is 153 Å². The second-order valence-electron chi connectivity index (χ2n) is 17.4. The van der Waals surface area contributed by atoms with Crippen LogP contribution in [-0.4, -0.2) is 66.4 Å². The van der Waals surface area contributed by atoms with E-state index in [1.165, 1.54) is 31.2 Å². The zero-order valence-electron chi connectivity index (χ0n) is 38.5. The molecule has 56 heavy (non-hydrogen) atoms. The summed E-state index contributed by atoms with van der Waals surface area (Å²) in [6.07, 6.45) is 9.97. The predicted molar refractivity (Wildman–Crippen MR) is 230 cm³/mol. The van der Waals surface area contributed by atoms with Gasteiger partial charge in [-0.2, -0.15) is 0 Å². The normalized spacial score (nSPS) is 11.1. The number of amides is 4. The van der Waals surface area contributed by atoms with E-state index in [9.17, 15) is 19.2 Å². The van der Waals surface area contributed by atoms with Crippen LogP contribution in [0.3, 0.4) is 0 Å². The molecule has 0 aliphatic rings. The maximum Gasteiger partial charge on any atom is 0.407 e. The SMILES string of the molecule is CCCCCCCNC(=O)OC(C)(C)C.CCCCCNC(=O)OC(C)(C)C.CCCNC(=O)OC(C)(C)C.CCc1ccc(CNC(=O)OC(C)(C)C)cc1. The van der Waals surface area contributed by atoms with Crippen molar-refractivity contribution in [1.29, 1.82) is 0 Å². The molecule has 0 aliphatic heterocycles. The first kappa shape index (κ1) is 56.6. The number of benzene rings is 1. The van der Waals surface area contributed by atoms with Gasteiger partial charge in [0.2, 0.25) is 0 Å². The summed E-state index contributed by atoms with van der Waals surface area (Å²) in [5, 5.41) is 10.8. The van der Waals surface area contributed by atoms with Crippen molar-refractivity contribution in [2.75, 3.05) is 19.6 Å². The standard InChI is InChI=1S/C14H21NO2.C12H25NO2.C10H21NO2.C8H17NO2/c1-5-11-6-8-12(9-7-11)10-15-13(16)17-14(2,3)4;1-5-6-7-8-9-10-13-11(14)15-12(2,3)4;1-5-6-7-8-11-9(12)13-10(2,3)4;1-5-6-9-7(10)11-8(2,3)4/h6-9H,5,10H2,1-4H3,(H,15,16);5-10H2,1-4H3,(H,13,14);5-8H2,1-4H3,(H,11,12);5-6H2,1-4H3,(H,9,10). The van der Waals surface area contributed by atoms with Crippen LogP contribution >= 0.6 is 0 Å². The molecule has 0 fully saturated rings. The van der Waals surface area contributed by atoms with Gasteiger partial charge in [-0.1, -0.05) is 90.5 Å². The van der Waals surface area contributed by atoms with E-state index in [1.807, 2.05) is 102 Å². The lowest BCUT2D eigenvalue weighted by molar-refractivity contribution is 0.0513. The molecular formula is C44H84N4O8. The van der Waals surface area contributed by atoms with Gasteiger partial charge in [0.25, 0.3) is 0 Å². The number of rotatable bonds is 15. The zero-order chi connectivity index (χ0) is 43.8. The first-order chi connectivity index (χ1) is 25.8. The van der Waals surface area contributed by atoms with Gasteiger partial charge in [0.05, 0.1) is 0 Å². The Morgan fingerprint density at radius 2 is 0.714 bits per heavy atom. The Balaban J connectivity index is -0.000000678. The summed E-state index contributed by atoms with van der Waals surface area (Å²) < 4.78 is 20.3. The molecule has 1 aromatic rings. The highest BCUT2D eigenvalue weighted by atomic mass is 16.6. The van der Waals surface area contributed by atoms with Crippen LogP contribution in [0.1, 0.15) is 180 Å². The number of hydrogen-bond donors (Lipinski definition) is 4. The molecule has 0 atom stereocenters. The summed E-state index contributed by atoms with van der Waals surface area (Å²) in [5.74, 6) is 0. The van der Waals surface area contributed by atoms with E-state index in [-0.39, 0.29) is 24.4 Å². The van der Waals surface area contributed by atoms with Gasteiger partial charge in [0.1, 0.15) is 22.4 Å². The molecule has 4 N–H and O–H groups in total. The first-order valence-electron chi connectivity index (χ1n) is 20.7. The van der Waals surface area contributed by atoms with Crippen molar-refractivity contribution in [3.63, 3.8) is 0 Å². The van der Waals surface area contributed by atoms with Crippen molar-refractivity contribution in [1.82, 2.24) is 21.3 Å². The number of carbonyl (C=O) groups excluding carboxylic acids is 4. The lowest BCUT2D eigenvalue weighted by Crippen LogP contribution is -2.32. The maximum absolute atomic E-state index is 11.4. The van der Waals surface area contributed by atoms with Crippen LogP contribution in [0.5, 0.6) is 0 Å². The average Bonchev–Trinajstić information content (AvgIpc) is 3.04. The van der Waals surface area contributed by atoms with Gasteiger partial charge in [0, 0.05) is 26.2 Å². The van der Waals surface area contributed by atoms with Crippen LogP contribution < -0.4 is 21.3 Å². The molecule has 12 heteroatoms. The van der Waals surface area contributed by atoms with Crippen LogP contribution in [0.2, 0.25) is 0 Å². The second kappa shape index (κ2) is 31.4. The minimum absolute atomic E-state index is 0.307. The van der Waals surface area contributed by atoms with Gasteiger partial charge in [-0.05, 0) is 120 Å². The van der Waals surface area contributed by atoms with Crippen LogP contribution in [0, 0.1) is 0 Å². The Bertz CT molecular complexity index is 1160. The van der Waals surface area contributed by atoms with Gasteiger partial charge < -0.3 is 40.2 Å². The van der Waals surface area contributed by atoms with Gasteiger partial charge in [-0.15, -0.1) is 0 Å². The fourth-order valence-electron chi connectivity index (χ4n) is 4.04. The molecule has 0 spiro atoms. The fourth-order valence-corrected chi connectivity index (χ4v) is 4.04. The van der Waals surface area contributed by atoms with Crippen LogP contribution in [0.25, 0.3) is 0 Å². The molecule has 12 nitrogen and oxygen atoms in total. The van der Waals surface area contributed by atoms with Gasteiger partial charge in [0.15, 0.2) is 0 Å². The lowest BCUT2D eigenvalue weighted by atomic mass is 10.1. The number of hydrogen-bond acceptors (Lipinski definition) is 8.